The molecule has 2 aliphatic heterocycles. The monoisotopic (exact) mass is 395 g/mol. The maximum absolute atomic E-state index is 14.3. The predicted octanol–water partition coefficient (Wildman–Crippen LogP) is 1.84. The van der Waals surface area contributed by atoms with E-state index in [9.17, 15) is 9.18 Å². The van der Waals surface area contributed by atoms with E-state index < -0.39 is 5.41 Å². The number of nitrogens with one attached hydrogen (secondary N) is 1. The van der Waals surface area contributed by atoms with E-state index in [-0.39, 0.29) is 17.1 Å². The maximum atomic E-state index is 14.3. The average molecular weight is 395 g/mol. The third-order valence-corrected chi connectivity index (χ3v) is 6.99. The first-order valence-corrected chi connectivity index (χ1v) is 10.4. The highest BCUT2D eigenvalue weighted by atomic mass is 19.1. The van der Waals surface area contributed by atoms with Crippen LogP contribution in [0.15, 0.2) is 30.5 Å². The molecule has 3 heterocycles. The Labute approximate surface area is 169 Å². The van der Waals surface area contributed by atoms with Crippen molar-refractivity contribution in [3.8, 4) is 0 Å². The summed E-state index contributed by atoms with van der Waals surface area (Å²) >= 11 is 0. The summed E-state index contributed by atoms with van der Waals surface area (Å²) in [5.74, 6) is 0.195. The number of fused-ring (bicyclic) bond motifs is 2. The molecule has 3 N–H and O–H groups in total. The predicted molar refractivity (Wildman–Crippen MR) is 108 cm³/mol. The fraction of sp³-hybridized carbons (Fsp3) is 0.500. The number of likely N-dealkylation sites (tertiary alicyclic amines) is 1. The molecule has 1 aliphatic carbocycles. The van der Waals surface area contributed by atoms with Gasteiger partial charge in [-0.25, -0.2) is 14.4 Å². The van der Waals surface area contributed by atoms with Gasteiger partial charge in [-0.1, -0.05) is 18.2 Å². The Morgan fingerprint density at radius 1 is 1.28 bits per heavy atom. The zero-order chi connectivity index (χ0) is 20.1. The number of nitrogens with zero attached hydrogens (tertiary/aromatic N) is 3. The molecule has 1 atom stereocenters. The summed E-state index contributed by atoms with van der Waals surface area (Å²) in [4.78, 5) is 24.4. The lowest BCUT2D eigenvalue weighted by molar-refractivity contribution is -0.147. The van der Waals surface area contributed by atoms with Crippen LogP contribution in [0.2, 0.25) is 0 Å². The van der Waals surface area contributed by atoms with Gasteiger partial charge in [-0.15, -0.1) is 0 Å². The van der Waals surface area contributed by atoms with Gasteiger partial charge in [-0.3, -0.25) is 4.79 Å². The first kappa shape index (κ1) is 18.5. The molecule has 6 nitrogen and oxygen atoms in total. The van der Waals surface area contributed by atoms with E-state index in [0.29, 0.717) is 37.6 Å². The van der Waals surface area contributed by atoms with E-state index in [0.717, 1.165) is 43.5 Å². The second kappa shape index (κ2) is 6.76. The van der Waals surface area contributed by atoms with Crippen LogP contribution in [0.25, 0.3) is 0 Å². The molecular formula is C22H26FN5O. The minimum absolute atomic E-state index is 0.128. The number of piperidine rings is 1. The molecule has 0 bridgehead atoms. The van der Waals surface area contributed by atoms with Crippen LogP contribution >= 0.6 is 0 Å². The Hall–Kier alpha value is -2.54. The SMILES string of the molecule is Nc1ncc2c(n1)C1(CCCN(C(=O)C3(Cc4ccccc4F)CNC3)C1)CC2. The van der Waals surface area contributed by atoms with E-state index in [4.69, 9.17) is 5.73 Å². The number of hydrogen-bond acceptors (Lipinski definition) is 5. The van der Waals surface area contributed by atoms with Crippen molar-refractivity contribution in [2.24, 2.45) is 5.41 Å². The van der Waals surface area contributed by atoms with Gasteiger partial charge in [-0.2, -0.15) is 0 Å². The van der Waals surface area contributed by atoms with Crippen LogP contribution in [0, 0.1) is 11.2 Å². The third-order valence-electron chi connectivity index (χ3n) is 6.99. The standard InChI is InChI=1S/C22H26FN5O/c23-17-5-2-1-4-15(17)10-22(12-25-13-22)19(29)28-9-3-7-21(14-28)8-6-16-11-26-20(24)27-18(16)21/h1-2,4-5,11,25H,3,6-10,12-14H2,(H2,24,26,27). The number of carbonyl (C=O) groups excluding carboxylic acids is 1. The Kier molecular flexibility index (Phi) is 4.31. The quantitative estimate of drug-likeness (QED) is 0.829. The Bertz CT molecular complexity index is 956. The summed E-state index contributed by atoms with van der Waals surface area (Å²) in [6.45, 7) is 2.59. The highest BCUT2D eigenvalue weighted by molar-refractivity contribution is 5.85. The number of benzene rings is 1. The molecule has 2 fully saturated rings. The molecule has 1 amide bonds. The molecule has 1 spiro atoms. The van der Waals surface area contributed by atoms with E-state index >= 15 is 0 Å². The Morgan fingerprint density at radius 2 is 2.10 bits per heavy atom. The number of nitrogens with two attached hydrogens (primary N) is 1. The summed E-state index contributed by atoms with van der Waals surface area (Å²) in [5, 5.41) is 3.24. The number of aromatic nitrogens is 2. The van der Waals surface area contributed by atoms with Gasteiger partial charge < -0.3 is 16.0 Å². The molecule has 7 heteroatoms. The van der Waals surface area contributed by atoms with E-state index in [1.54, 1.807) is 12.1 Å². The number of amides is 1. The number of halogens is 1. The van der Waals surface area contributed by atoms with Gasteiger partial charge in [0.05, 0.1) is 11.1 Å². The molecule has 2 aromatic rings. The van der Waals surface area contributed by atoms with Crippen molar-refractivity contribution < 1.29 is 9.18 Å². The average Bonchev–Trinajstić information content (AvgIpc) is 3.03. The summed E-state index contributed by atoms with van der Waals surface area (Å²) in [6.07, 6.45) is 6.13. The molecule has 29 heavy (non-hydrogen) atoms. The molecule has 1 aromatic heterocycles. The second-order valence-corrected chi connectivity index (χ2v) is 8.86. The molecule has 1 unspecified atom stereocenters. The fourth-order valence-corrected chi connectivity index (χ4v) is 5.38. The normalized spacial score (nSPS) is 24.9. The van der Waals surface area contributed by atoms with Gasteiger partial charge in [0.2, 0.25) is 11.9 Å². The van der Waals surface area contributed by atoms with E-state index in [1.807, 2.05) is 17.2 Å². The minimum Gasteiger partial charge on any atom is -0.368 e. The summed E-state index contributed by atoms with van der Waals surface area (Å²) in [7, 11) is 0. The first-order chi connectivity index (χ1) is 14.0. The van der Waals surface area contributed by atoms with Crippen LogP contribution in [0.3, 0.4) is 0 Å². The lowest BCUT2D eigenvalue weighted by atomic mass is 9.72. The van der Waals surface area contributed by atoms with Crippen molar-refractivity contribution in [1.29, 1.82) is 0 Å². The van der Waals surface area contributed by atoms with Gasteiger partial charge in [-0.05, 0) is 49.3 Å². The number of hydrogen-bond donors (Lipinski definition) is 2. The minimum atomic E-state index is -0.563. The molecule has 3 aliphatic rings. The lowest BCUT2D eigenvalue weighted by Gasteiger charge is -2.48. The van der Waals surface area contributed by atoms with Crippen LogP contribution in [0.5, 0.6) is 0 Å². The molecule has 152 valence electrons. The Morgan fingerprint density at radius 3 is 2.86 bits per heavy atom. The van der Waals surface area contributed by atoms with Crippen molar-refractivity contribution in [2.45, 2.75) is 37.5 Å². The van der Waals surface area contributed by atoms with Crippen LogP contribution < -0.4 is 11.1 Å². The van der Waals surface area contributed by atoms with Gasteiger partial charge in [0, 0.05) is 37.8 Å². The van der Waals surface area contributed by atoms with Crippen LogP contribution in [-0.2, 0) is 23.1 Å². The van der Waals surface area contributed by atoms with Gasteiger partial charge >= 0.3 is 0 Å². The molecule has 0 radical (unpaired) electrons. The van der Waals surface area contributed by atoms with Crippen LogP contribution in [0.1, 0.15) is 36.1 Å². The summed E-state index contributed by atoms with van der Waals surface area (Å²) in [5.41, 5.74) is 7.97. The maximum Gasteiger partial charge on any atom is 0.231 e. The van der Waals surface area contributed by atoms with Crippen molar-refractivity contribution in [2.75, 3.05) is 31.9 Å². The van der Waals surface area contributed by atoms with Crippen LogP contribution in [-0.4, -0.2) is 47.0 Å². The van der Waals surface area contributed by atoms with Gasteiger partial charge in [0.25, 0.3) is 0 Å². The van der Waals surface area contributed by atoms with E-state index in [2.05, 4.69) is 15.3 Å². The zero-order valence-electron chi connectivity index (χ0n) is 16.5. The number of carbonyl (C=O) groups is 1. The summed E-state index contributed by atoms with van der Waals surface area (Å²) in [6, 6.07) is 6.77. The molecule has 2 saturated heterocycles. The number of rotatable bonds is 3. The second-order valence-electron chi connectivity index (χ2n) is 8.86. The largest absolute Gasteiger partial charge is 0.368 e. The van der Waals surface area contributed by atoms with E-state index in [1.165, 1.54) is 6.07 Å². The summed E-state index contributed by atoms with van der Waals surface area (Å²) < 4.78 is 14.3. The zero-order valence-corrected chi connectivity index (χ0v) is 16.5. The highest BCUT2D eigenvalue weighted by Gasteiger charge is 2.51. The first-order valence-electron chi connectivity index (χ1n) is 10.4. The molecular weight excluding hydrogens is 369 g/mol. The number of aryl methyl sites for hydroxylation is 1. The Balaban J connectivity index is 1.41. The van der Waals surface area contributed by atoms with Crippen molar-refractivity contribution >= 4 is 11.9 Å². The number of anilines is 1. The number of nitrogen functional groups attached to an aromatic ring is 1. The van der Waals surface area contributed by atoms with Gasteiger partial charge in [0.15, 0.2) is 0 Å². The van der Waals surface area contributed by atoms with Crippen molar-refractivity contribution in [3.05, 3.63) is 53.1 Å². The van der Waals surface area contributed by atoms with Crippen LogP contribution in [0.4, 0.5) is 10.3 Å². The fourth-order valence-electron chi connectivity index (χ4n) is 5.38. The molecule has 0 saturated carbocycles. The highest BCUT2D eigenvalue weighted by Crippen LogP contribution is 2.45. The topological polar surface area (TPSA) is 84.1 Å². The van der Waals surface area contributed by atoms with Crippen molar-refractivity contribution in [3.63, 3.8) is 0 Å². The molecule has 1 aromatic carbocycles. The third kappa shape index (κ3) is 2.99. The lowest BCUT2D eigenvalue weighted by Crippen LogP contribution is -2.65. The van der Waals surface area contributed by atoms with Crippen molar-refractivity contribution in [1.82, 2.24) is 20.2 Å². The van der Waals surface area contributed by atoms with Gasteiger partial charge in [0.1, 0.15) is 5.82 Å². The smallest absolute Gasteiger partial charge is 0.231 e. The molecule has 5 rings (SSSR count).